The minimum Gasteiger partial charge on any atom is -0.335 e. The summed E-state index contributed by atoms with van der Waals surface area (Å²) in [6.07, 6.45) is 6.18. The van der Waals surface area contributed by atoms with Gasteiger partial charge in [-0.15, -0.1) is 0 Å². The number of amides is 1. The molecule has 1 aromatic carbocycles. The standard InChI is InChI=1S/C19H20FN3O/c20-16-3-1-2-13(7-16)14-6-15(10-22-9-14)19(24)23-11-12-4-17(21)8-18(23)5-12/h1-3,6-7,9-10,12,17-18H,4-5,8,11,21H2. The van der Waals surface area contributed by atoms with E-state index in [0.29, 0.717) is 11.5 Å². The zero-order valence-electron chi connectivity index (χ0n) is 13.4. The Kier molecular flexibility index (Phi) is 3.81. The number of fused-ring (bicyclic) bond motifs is 2. The van der Waals surface area contributed by atoms with Crippen molar-refractivity contribution in [1.29, 1.82) is 0 Å². The topological polar surface area (TPSA) is 59.2 Å². The molecule has 3 unspecified atom stereocenters. The summed E-state index contributed by atoms with van der Waals surface area (Å²) in [5, 5.41) is 0. The molecule has 1 aromatic heterocycles. The molecule has 2 heterocycles. The number of nitrogens with two attached hydrogens (primary N) is 1. The molecule has 4 rings (SSSR count). The van der Waals surface area contributed by atoms with Gasteiger partial charge in [0.1, 0.15) is 5.82 Å². The van der Waals surface area contributed by atoms with Gasteiger partial charge in [0.05, 0.1) is 5.56 Å². The quantitative estimate of drug-likeness (QED) is 0.923. The molecule has 2 N–H and O–H groups in total. The highest BCUT2D eigenvalue weighted by Gasteiger charge is 2.40. The number of likely N-dealkylation sites (tertiary alicyclic amines) is 1. The maximum Gasteiger partial charge on any atom is 0.255 e. The van der Waals surface area contributed by atoms with Crippen molar-refractivity contribution in [3.05, 3.63) is 54.1 Å². The van der Waals surface area contributed by atoms with Crippen LogP contribution in [0.5, 0.6) is 0 Å². The summed E-state index contributed by atoms with van der Waals surface area (Å²) in [6, 6.07) is 8.56. The first kappa shape index (κ1) is 15.3. The van der Waals surface area contributed by atoms with Crippen molar-refractivity contribution < 1.29 is 9.18 Å². The average molecular weight is 325 g/mol. The van der Waals surface area contributed by atoms with Crippen molar-refractivity contribution in [2.75, 3.05) is 6.54 Å². The Morgan fingerprint density at radius 1 is 1.17 bits per heavy atom. The molecular formula is C19H20FN3O. The van der Waals surface area contributed by atoms with Crippen LogP contribution in [0.4, 0.5) is 4.39 Å². The summed E-state index contributed by atoms with van der Waals surface area (Å²) >= 11 is 0. The van der Waals surface area contributed by atoms with Crippen LogP contribution in [-0.4, -0.2) is 34.4 Å². The van der Waals surface area contributed by atoms with Crippen LogP contribution in [-0.2, 0) is 0 Å². The Balaban J connectivity index is 1.61. The Morgan fingerprint density at radius 3 is 2.88 bits per heavy atom. The number of benzene rings is 1. The van der Waals surface area contributed by atoms with E-state index in [2.05, 4.69) is 4.98 Å². The number of pyridine rings is 1. The highest BCUT2D eigenvalue weighted by molar-refractivity contribution is 5.95. The number of aromatic nitrogens is 1. The van der Waals surface area contributed by atoms with Gasteiger partial charge < -0.3 is 10.6 Å². The van der Waals surface area contributed by atoms with E-state index in [1.165, 1.54) is 12.1 Å². The summed E-state index contributed by atoms with van der Waals surface area (Å²) in [4.78, 5) is 19.1. The van der Waals surface area contributed by atoms with E-state index >= 15 is 0 Å². The predicted molar refractivity (Wildman–Crippen MR) is 89.8 cm³/mol. The van der Waals surface area contributed by atoms with Crippen LogP contribution in [0, 0.1) is 11.7 Å². The van der Waals surface area contributed by atoms with Crippen LogP contribution in [0.1, 0.15) is 29.6 Å². The van der Waals surface area contributed by atoms with E-state index in [0.717, 1.165) is 36.9 Å². The molecule has 2 aromatic rings. The molecule has 1 aliphatic heterocycles. The number of nitrogens with zero attached hydrogens (tertiary/aromatic N) is 2. The van der Waals surface area contributed by atoms with E-state index < -0.39 is 0 Å². The van der Waals surface area contributed by atoms with Gasteiger partial charge in [0.15, 0.2) is 0 Å². The van der Waals surface area contributed by atoms with E-state index in [1.54, 1.807) is 24.5 Å². The largest absolute Gasteiger partial charge is 0.335 e. The Morgan fingerprint density at radius 2 is 2.04 bits per heavy atom. The number of hydrogen-bond acceptors (Lipinski definition) is 3. The van der Waals surface area contributed by atoms with Gasteiger partial charge in [-0.05, 0) is 48.9 Å². The first-order chi connectivity index (χ1) is 11.6. The zero-order chi connectivity index (χ0) is 16.7. The smallest absolute Gasteiger partial charge is 0.255 e. The average Bonchev–Trinajstić information content (AvgIpc) is 2.89. The van der Waals surface area contributed by atoms with Crippen molar-refractivity contribution in [3.63, 3.8) is 0 Å². The van der Waals surface area contributed by atoms with Crippen LogP contribution < -0.4 is 5.73 Å². The lowest BCUT2D eigenvalue weighted by Gasteiger charge is -2.27. The van der Waals surface area contributed by atoms with Crippen molar-refractivity contribution in [2.24, 2.45) is 11.7 Å². The first-order valence-electron chi connectivity index (χ1n) is 8.37. The van der Waals surface area contributed by atoms with Crippen LogP contribution in [0.15, 0.2) is 42.7 Å². The number of carbonyl (C=O) groups excluding carboxylic acids is 1. The summed E-state index contributed by atoms with van der Waals surface area (Å²) in [7, 11) is 0. The van der Waals surface area contributed by atoms with Crippen molar-refractivity contribution in [2.45, 2.75) is 31.3 Å². The summed E-state index contributed by atoms with van der Waals surface area (Å²) < 4.78 is 13.4. The lowest BCUT2D eigenvalue weighted by atomic mass is 9.87. The molecule has 1 aliphatic carbocycles. The lowest BCUT2D eigenvalue weighted by molar-refractivity contribution is 0.0731. The fraction of sp³-hybridized carbons (Fsp3) is 0.368. The summed E-state index contributed by atoms with van der Waals surface area (Å²) in [5.41, 5.74) is 8.11. The fourth-order valence-electron chi connectivity index (χ4n) is 4.08. The zero-order valence-corrected chi connectivity index (χ0v) is 13.4. The van der Waals surface area contributed by atoms with E-state index in [9.17, 15) is 9.18 Å². The van der Waals surface area contributed by atoms with E-state index in [-0.39, 0.29) is 23.8 Å². The normalized spacial score (nSPS) is 25.8. The van der Waals surface area contributed by atoms with Crippen LogP contribution >= 0.6 is 0 Å². The van der Waals surface area contributed by atoms with Crippen molar-refractivity contribution in [1.82, 2.24) is 9.88 Å². The second kappa shape index (κ2) is 5.98. The third kappa shape index (κ3) is 2.80. The second-order valence-electron chi connectivity index (χ2n) is 6.92. The summed E-state index contributed by atoms with van der Waals surface area (Å²) in [5.74, 6) is 0.218. The lowest BCUT2D eigenvalue weighted by Crippen LogP contribution is -2.38. The van der Waals surface area contributed by atoms with Gasteiger partial charge in [-0.3, -0.25) is 9.78 Å². The maximum absolute atomic E-state index is 13.4. The predicted octanol–water partition coefficient (Wildman–Crippen LogP) is 2.84. The van der Waals surface area contributed by atoms with Crippen molar-refractivity contribution >= 4 is 5.91 Å². The SMILES string of the molecule is NC1CC2CC(C1)N(C(=O)c1cncc(-c3cccc(F)c3)c1)C2. The highest BCUT2D eigenvalue weighted by atomic mass is 19.1. The molecular weight excluding hydrogens is 305 g/mol. The molecule has 4 nitrogen and oxygen atoms in total. The molecule has 1 amide bonds. The number of halogens is 1. The van der Waals surface area contributed by atoms with Gasteiger partial charge in [0.25, 0.3) is 5.91 Å². The van der Waals surface area contributed by atoms with E-state index in [1.807, 2.05) is 11.0 Å². The van der Waals surface area contributed by atoms with E-state index in [4.69, 9.17) is 5.73 Å². The Bertz CT molecular complexity index is 779. The monoisotopic (exact) mass is 325 g/mol. The van der Waals surface area contributed by atoms with Crippen molar-refractivity contribution in [3.8, 4) is 11.1 Å². The molecule has 1 saturated heterocycles. The molecule has 2 bridgehead atoms. The van der Waals surface area contributed by atoms with Crippen LogP contribution in [0.3, 0.4) is 0 Å². The molecule has 3 atom stereocenters. The molecule has 24 heavy (non-hydrogen) atoms. The molecule has 0 spiro atoms. The van der Waals surface area contributed by atoms with Crippen LogP contribution in [0.2, 0.25) is 0 Å². The highest BCUT2D eigenvalue weighted by Crippen LogP contribution is 2.36. The Labute approximate surface area is 140 Å². The molecule has 0 radical (unpaired) electrons. The van der Waals surface area contributed by atoms with Gasteiger partial charge in [-0.2, -0.15) is 0 Å². The maximum atomic E-state index is 13.4. The third-order valence-corrected chi connectivity index (χ3v) is 5.12. The van der Waals surface area contributed by atoms with Gasteiger partial charge in [-0.25, -0.2) is 4.39 Å². The molecule has 124 valence electrons. The first-order valence-corrected chi connectivity index (χ1v) is 8.37. The Hall–Kier alpha value is -2.27. The second-order valence-corrected chi connectivity index (χ2v) is 6.92. The molecule has 1 saturated carbocycles. The van der Waals surface area contributed by atoms with Gasteiger partial charge in [0, 0.05) is 36.6 Å². The van der Waals surface area contributed by atoms with Gasteiger partial charge >= 0.3 is 0 Å². The molecule has 2 aliphatic rings. The van der Waals surface area contributed by atoms with Gasteiger partial charge in [0.2, 0.25) is 0 Å². The molecule has 2 fully saturated rings. The summed E-state index contributed by atoms with van der Waals surface area (Å²) in [6.45, 7) is 0.779. The minimum atomic E-state index is -0.299. The van der Waals surface area contributed by atoms with Crippen LogP contribution in [0.25, 0.3) is 11.1 Å². The number of rotatable bonds is 2. The van der Waals surface area contributed by atoms with Gasteiger partial charge in [-0.1, -0.05) is 12.1 Å². The minimum absolute atomic E-state index is 0.00218. The number of carbonyl (C=O) groups is 1. The molecule has 5 heteroatoms. The number of hydrogen-bond donors (Lipinski definition) is 1. The third-order valence-electron chi connectivity index (χ3n) is 5.12. The fourth-order valence-corrected chi connectivity index (χ4v) is 4.08.